The fourth-order valence-corrected chi connectivity index (χ4v) is 7.03. The minimum atomic E-state index is -0.390. The lowest BCUT2D eigenvalue weighted by atomic mass is 9.67. The van der Waals surface area contributed by atoms with Gasteiger partial charge < -0.3 is 0 Å². The van der Waals surface area contributed by atoms with E-state index in [0.717, 1.165) is 5.02 Å². The highest BCUT2D eigenvalue weighted by Gasteiger charge is 2.50. The molecule has 0 nitrogen and oxygen atoms in total. The van der Waals surface area contributed by atoms with Crippen molar-refractivity contribution in [1.82, 2.24) is 0 Å². The SMILES string of the molecule is Clc1ccc2c(c1)C1(c3ccccc3S2)c2ccccc2-c2ccc(-c3ccccc3)cc21. The molecule has 0 N–H and O–H groups in total. The number of rotatable bonds is 1. The summed E-state index contributed by atoms with van der Waals surface area (Å²) < 4.78 is 0. The van der Waals surface area contributed by atoms with Crippen LogP contribution in [0.4, 0.5) is 0 Å². The molecule has 1 spiro atoms. The predicted molar refractivity (Wildman–Crippen MR) is 138 cm³/mol. The summed E-state index contributed by atoms with van der Waals surface area (Å²) in [6.07, 6.45) is 0. The van der Waals surface area contributed by atoms with Crippen molar-refractivity contribution in [3.8, 4) is 22.3 Å². The molecule has 1 unspecified atom stereocenters. The van der Waals surface area contributed by atoms with Crippen molar-refractivity contribution >= 4 is 23.4 Å². The second-order valence-electron chi connectivity index (χ2n) is 8.66. The van der Waals surface area contributed by atoms with Crippen LogP contribution in [0.15, 0.2) is 125 Å². The summed E-state index contributed by atoms with van der Waals surface area (Å²) >= 11 is 8.48. The molecule has 0 saturated carbocycles. The minimum absolute atomic E-state index is 0.390. The van der Waals surface area contributed by atoms with Crippen LogP contribution in [0, 0.1) is 0 Å². The van der Waals surface area contributed by atoms with E-state index in [2.05, 4.69) is 109 Å². The van der Waals surface area contributed by atoms with Gasteiger partial charge in [-0.2, -0.15) is 0 Å². The molecule has 2 heteroatoms. The molecule has 0 fully saturated rings. The van der Waals surface area contributed by atoms with Gasteiger partial charge >= 0.3 is 0 Å². The molecule has 33 heavy (non-hydrogen) atoms. The molecule has 0 bridgehead atoms. The Morgan fingerprint density at radius 1 is 0.485 bits per heavy atom. The van der Waals surface area contributed by atoms with Gasteiger partial charge in [0.15, 0.2) is 0 Å². The van der Waals surface area contributed by atoms with Crippen LogP contribution in [-0.2, 0) is 5.41 Å². The molecule has 0 aromatic heterocycles. The highest BCUT2D eigenvalue weighted by atomic mass is 35.5. The Bertz CT molecular complexity index is 1550. The van der Waals surface area contributed by atoms with Crippen LogP contribution < -0.4 is 0 Å². The third-order valence-corrected chi connectivity index (χ3v) is 8.40. The van der Waals surface area contributed by atoms with Crippen LogP contribution in [0.25, 0.3) is 22.3 Å². The molecule has 5 aromatic rings. The highest BCUT2D eigenvalue weighted by Crippen LogP contribution is 2.62. The van der Waals surface area contributed by atoms with E-state index in [4.69, 9.17) is 11.6 Å². The van der Waals surface area contributed by atoms with Crippen LogP contribution in [0.5, 0.6) is 0 Å². The molecule has 7 rings (SSSR count). The van der Waals surface area contributed by atoms with E-state index in [1.807, 2.05) is 17.8 Å². The van der Waals surface area contributed by atoms with Crippen molar-refractivity contribution in [2.24, 2.45) is 0 Å². The Morgan fingerprint density at radius 2 is 1.18 bits per heavy atom. The van der Waals surface area contributed by atoms with Crippen molar-refractivity contribution in [1.29, 1.82) is 0 Å². The Morgan fingerprint density at radius 3 is 2.06 bits per heavy atom. The second kappa shape index (κ2) is 7.12. The minimum Gasteiger partial charge on any atom is -0.0894 e. The number of fused-ring (bicyclic) bond motifs is 9. The highest BCUT2D eigenvalue weighted by molar-refractivity contribution is 7.99. The number of hydrogen-bond donors (Lipinski definition) is 0. The van der Waals surface area contributed by atoms with Crippen LogP contribution in [0.2, 0.25) is 5.02 Å². The summed E-state index contributed by atoms with van der Waals surface area (Å²) in [7, 11) is 0. The molecular weight excluding hydrogens is 440 g/mol. The Balaban J connectivity index is 1.65. The summed E-state index contributed by atoms with van der Waals surface area (Å²) in [6, 6.07) is 41.7. The van der Waals surface area contributed by atoms with E-state index in [1.54, 1.807) is 0 Å². The maximum atomic E-state index is 6.64. The normalized spacial score (nSPS) is 17.2. The average Bonchev–Trinajstić information content (AvgIpc) is 3.16. The van der Waals surface area contributed by atoms with Crippen molar-refractivity contribution in [2.45, 2.75) is 15.2 Å². The summed E-state index contributed by atoms with van der Waals surface area (Å²) in [5, 5.41) is 0.776. The molecule has 0 saturated heterocycles. The van der Waals surface area contributed by atoms with E-state index in [9.17, 15) is 0 Å². The van der Waals surface area contributed by atoms with Gasteiger partial charge in [-0.15, -0.1) is 0 Å². The molecule has 156 valence electrons. The first-order valence-electron chi connectivity index (χ1n) is 11.1. The van der Waals surface area contributed by atoms with E-state index >= 15 is 0 Å². The van der Waals surface area contributed by atoms with Crippen LogP contribution in [-0.4, -0.2) is 0 Å². The van der Waals surface area contributed by atoms with Crippen molar-refractivity contribution in [2.75, 3.05) is 0 Å². The molecule has 0 radical (unpaired) electrons. The fourth-order valence-electron chi connectivity index (χ4n) is 5.68. The van der Waals surface area contributed by atoms with Gasteiger partial charge in [-0.25, -0.2) is 0 Å². The lowest BCUT2D eigenvalue weighted by Gasteiger charge is -2.39. The standard InChI is InChI=1S/C31H19ClS/c32-22-15-17-30-28(19-22)31(26-12-6-7-13-29(26)33-30)25-11-5-4-10-23(25)24-16-14-21(18-27(24)31)20-8-2-1-3-9-20/h1-19H. The van der Waals surface area contributed by atoms with Gasteiger partial charge in [-0.1, -0.05) is 108 Å². The lowest BCUT2D eigenvalue weighted by molar-refractivity contribution is 0.722. The van der Waals surface area contributed by atoms with Gasteiger partial charge in [0.25, 0.3) is 0 Å². The van der Waals surface area contributed by atoms with Crippen molar-refractivity contribution < 1.29 is 0 Å². The van der Waals surface area contributed by atoms with Gasteiger partial charge in [0.05, 0.1) is 5.41 Å². The summed E-state index contributed by atoms with van der Waals surface area (Å²) in [4.78, 5) is 2.57. The molecule has 5 aromatic carbocycles. The molecular formula is C31H19ClS. The zero-order valence-electron chi connectivity index (χ0n) is 17.8. The maximum absolute atomic E-state index is 6.64. The summed E-state index contributed by atoms with van der Waals surface area (Å²) in [5.41, 5.74) is 9.97. The Labute approximate surface area is 202 Å². The monoisotopic (exact) mass is 458 g/mol. The topological polar surface area (TPSA) is 0 Å². The largest absolute Gasteiger partial charge is 0.0894 e. The van der Waals surface area contributed by atoms with Gasteiger partial charge in [0.1, 0.15) is 0 Å². The predicted octanol–water partition coefficient (Wildman–Crippen LogP) is 8.83. The van der Waals surface area contributed by atoms with Crippen LogP contribution >= 0.6 is 23.4 Å². The zero-order valence-corrected chi connectivity index (χ0v) is 19.3. The average molecular weight is 459 g/mol. The van der Waals surface area contributed by atoms with E-state index in [1.165, 1.54) is 54.3 Å². The van der Waals surface area contributed by atoms with Gasteiger partial charge in [0, 0.05) is 14.8 Å². The Kier molecular flexibility index (Phi) is 4.15. The zero-order chi connectivity index (χ0) is 22.0. The number of halogens is 1. The van der Waals surface area contributed by atoms with E-state index < -0.39 is 5.41 Å². The third kappa shape index (κ3) is 2.61. The molecule has 0 amide bonds. The molecule has 2 aliphatic rings. The summed E-state index contributed by atoms with van der Waals surface area (Å²) in [6.45, 7) is 0. The fraction of sp³-hybridized carbons (Fsp3) is 0.0323. The first-order chi connectivity index (χ1) is 16.3. The van der Waals surface area contributed by atoms with Crippen LogP contribution in [0.1, 0.15) is 22.3 Å². The van der Waals surface area contributed by atoms with Crippen molar-refractivity contribution in [3.05, 3.63) is 143 Å². The van der Waals surface area contributed by atoms with E-state index in [-0.39, 0.29) is 0 Å². The van der Waals surface area contributed by atoms with Gasteiger partial charge in [-0.05, 0) is 74.8 Å². The molecule has 1 aliphatic heterocycles. The first kappa shape index (κ1) is 19.2. The third-order valence-electron chi connectivity index (χ3n) is 7.01. The van der Waals surface area contributed by atoms with E-state index in [0.29, 0.717) is 0 Å². The maximum Gasteiger partial charge on any atom is 0.0736 e. The Hall–Kier alpha value is -3.26. The second-order valence-corrected chi connectivity index (χ2v) is 10.2. The summed E-state index contributed by atoms with van der Waals surface area (Å²) in [5.74, 6) is 0. The van der Waals surface area contributed by atoms with Crippen LogP contribution in [0.3, 0.4) is 0 Å². The van der Waals surface area contributed by atoms with Gasteiger partial charge in [0.2, 0.25) is 0 Å². The van der Waals surface area contributed by atoms with Gasteiger partial charge in [-0.3, -0.25) is 0 Å². The smallest absolute Gasteiger partial charge is 0.0736 e. The molecule has 1 aliphatic carbocycles. The number of benzene rings is 5. The van der Waals surface area contributed by atoms with Crippen molar-refractivity contribution in [3.63, 3.8) is 0 Å². The lowest BCUT2D eigenvalue weighted by Crippen LogP contribution is -2.32. The molecule has 1 heterocycles. The number of hydrogen-bond acceptors (Lipinski definition) is 1. The quantitative estimate of drug-likeness (QED) is 0.237. The first-order valence-corrected chi connectivity index (χ1v) is 12.3. The molecule has 1 atom stereocenters.